The SMILES string of the molecule is FC1(F)CCCN(CCC2CCCCN2)C1. The predicted molar refractivity (Wildman–Crippen MR) is 60.9 cm³/mol. The molecule has 94 valence electrons. The van der Waals surface area contributed by atoms with Crippen LogP contribution < -0.4 is 5.32 Å². The van der Waals surface area contributed by atoms with Crippen LogP contribution in [0.4, 0.5) is 8.78 Å². The maximum absolute atomic E-state index is 13.2. The summed E-state index contributed by atoms with van der Waals surface area (Å²) < 4.78 is 26.3. The van der Waals surface area contributed by atoms with Gasteiger partial charge in [0.2, 0.25) is 0 Å². The molecule has 0 aromatic heterocycles. The molecule has 0 radical (unpaired) electrons. The van der Waals surface area contributed by atoms with Crippen molar-refractivity contribution < 1.29 is 8.78 Å². The lowest BCUT2D eigenvalue weighted by atomic mass is 10.0. The third kappa shape index (κ3) is 3.67. The van der Waals surface area contributed by atoms with Crippen molar-refractivity contribution in [1.82, 2.24) is 10.2 Å². The molecule has 0 amide bonds. The molecule has 4 heteroatoms. The Labute approximate surface area is 96.4 Å². The van der Waals surface area contributed by atoms with E-state index in [0.717, 1.165) is 26.1 Å². The topological polar surface area (TPSA) is 15.3 Å². The average Bonchev–Trinajstić information content (AvgIpc) is 2.27. The predicted octanol–water partition coefficient (Wildman–Crippen LogP) is 2.25. The first-order chi connectivity index (χ1) is 7.66. The van der Waals surface area contributed by atoms with Crippen LogP contribution in [0.3, 0.4) is 0 Å². The highest BCUT2D eigenvalue weighted by Crippen LogP contribution is 2.26. The van der Waals surface area contributed by atoms with Gasteiger partial charge < -0.3 is 5.32 Å². The molecule has 2 aliphatic heterocycles. The van der Waals surface area contributed by atoms with Gasteiger partial charge in [0.05, 0.1) is 6.54 Å². The first-order valence-corrected chi connectivity index (χ1v) is 6.49. The molecular weight excluding hydrogens is 210 g/mol. The Morgan fingerprint density at radius 2 is 2.12 bits per heavy atom. The van der Waals surface area contributed by atoms with Gasteiger partial charge in [-0.3, -0.25) is 4.90 Å². The maximum atomic E-state index is 13.2. The Kier molecular flexibility index (Phi) is 4.14. The lowest BCUT2D eigenvalue weighted by Crippen LogP contribution is -2.45. The summed E-state index contributed by atoms with van der Waals surface area (Å²) in [6.45, 7) is 2.75. The Morgan fingerprint density at radius 1 is 1.25 bits per heavy atom. The van der Waals surface area contributed by atoms with Crippen LogP contribution in [0.25, 0.3) is 0 Å². The fourth-order valence-corrected chi connectivity index (χ4v) is 2.75. The molecule has 0 spiro atoms. The minimum Gasteiger partial charge on any atom is -0.314 e. The zero-order chi connectivity index (χ0) is 11.4. The van der Waals surface area contributed by atoms with Crippen LogP contribution in [-0.4, -0.2) is 43.0 Å². The number of piperidine rings is 2. The summed E-state index contributed by atoms with van der Waals surface area (Å²) >= 11 is 0. The number of hydrogen-bond donors (Lipinski definition) is 1. The second-order valence-electron chi connectivity index (χ2n) is 5.17. The van der Waals surface area contributed by atoms with E-state index in [1.165, 1.54) is 19.3 Å². The summed E-state index contributed by atoms with van der Waals surface area (Å²) in [7, 11) is 0. The van der Waals surface area contributed by atoms with Crippen molar-refractivity contribution in [3.63, 3.8) is 0 Å². The van der Waals surface area contributed by atoms with Gasteiger partial charge >= 0.3 is 0 Å². The van der Waals surface area contributed by atoms with Gasteiger partial charge in [-0.2, -0.15) is 0 Å². The quantitative estimate of drug-likeness (QED) is 0.803. The molecule has 0 aromatic carbocycles. The van der Waals surface area contributed by atoms with Crippen molar-refractivity contribution in [3.8, 4) is 0 Å². The van der Waals surface area contributed by atoms with Crippen molar-refractivity contribution >= 4 is 0 Å². The first-order valence-electron chi connectivity index (χ1n) is 6.49. The van der Waals surface area contributed by atoms with E-state index in [2.05, 4.69) is 5.32 Å². The van der Waals surface area contributed by atoms with Gasteiger partial charge in [-0.25, -0.2) is 8.78 Å². The van der Waals surface area contributed by atoms with E-state index in [1.807, 2.05) is 4.90 Å². The standard InChI is InChI=1S/C12H22F2N2/c13-12(14)6-3-8-16(10-12)9-5-11-4-1-2-7-15-11/h11,15H,1-10H2. The monoisotopic (exact) mass is 232 g/mol. The molecule has 2 fully saturated rings. The Balaban J connectivity index is 1.68. The highest BCUT2D eigenvalue weighted by Gasteiger charge is 2.34. The Bertz CT molecular complexity index is 215. The van der Waals surface area contributed by atoms with Crippen molar-refractivity contribution in [1.29, 1.82) is 0 Å². The van der Waals surface area contributed by atoms with E-state index in [0.29, 0.717) is 12.5 Å². The largest absolute Gasteiger partial charge is 0.314 e. The molecule has 0 bridgehead atoms. The third-order valence-electron chi connectivity index (χ3n) is 3.68. The highest BCUT2D eigenvalue weighted by atomic mass is 19.3. The van der Waals surface area contributed by atoms with Crippen LogP contribution in [0, 0.1) is 0 Å². The summed E-state index contributed by atoms with van der Waals surface area (Å²) in [6, 6.07) is 0.560. The molecule has 2 nitrogen and oxygen atoms in total. The van der Waals surface area contributed by atoms with Gasteiger partial charge in [0.15, 0.2) is 0 Å². The van der Waals surface area contributed by atoms with Crippen LogP contribution in [0.2, 0.25) is 0 Å². The van der Waals surface area contributed by atoms with Crippen molar-refractivity contribution in [2.24, 2.45) is 0 Å². The van der Waals surface area contributed by atoms with E-state index < -0.39 is 5.92 Å². The van der Waals surface area contributed by atoms with E-state index in [4.69, 9.17) is 0 Å². The molecule has 2 rings (SSSR count). The normalized spacial score (nSPS) is 31.5. The van der Waals surface area contributed by atoms with E-state index in [9.17, 15) is 8.78 Å². The van der Waals surface area contributed by atoms with E-state index in [1.54, 1.807) is 0 Å². The van der Waals surface area contributed by atoms with Gasteiger partial charge in [0.1, 0.15) is 0 Å². The van der Waals surface area contributed by atoms with Crippen LogP contribution in [-0.2, 0) is 0 Å². The van der Waals surface area contributed by atoms with E-state index in [-0.39, 0.29) is 13.0 Å². The summed E-state index contributed by atoms with van der Waals surface area (Å²) in [5.41, 5.74) is 0. The lowest BCUT2D eigenvalue weighted by molar-refractivity contribution is -0.0645. The van der Waals surface area contributed by atoms with Gasteiger partial charge in [-0.1, -0.05) is 6.42 Å². The molecular formula is C12H22F2N2. The van der Waals surface area contributed by atoms with Crippen LogP contribution in [0.5, 0.6) is 0 Å². The summed E-state index contributed by atoms with van der Waals surface area (Å²) in [5, 5.41) is 3.47. The zero-order valence-electron chi connectivity index (χ0n) is 9.85. The van der Waals surface area contributed by atoms with E-state index >= 15 is 0 Å². The molecule has 0 aromatic rings. The number of nitrogens with zero attached hydrogens (tertiary/aromatic N) is 1. The number of likely N-dealkylation sites (tertiary alicyclic amines) is 1. The van der Waals surface area contributed by atoms with Gasteiger partial charge in [0, 0.05) is 12.5 Å². The molecule has 0 saturated carbocycles. The summed E-state index contributed by atoms with van der Waals surface area (Å²) in [4.78, 5) is 1.93. The molecule has 1 unspecified atom stereocenters. The Hall–Kier alpha value is -0.220. The smallest absolute Gasteiger partial charge is 0.260 e. The second kappa shape index (κ2) is 5.41. The minimum absolute atomic E-state index is 0.0281. The molecule has 1 atom stereocenters. The summed E-state index contributed by atoms with van der Waals surface area (Å²) in [6.07, 6.45) is 5.50. The van der Waals surface area contributed by atoms with Crippen LogP contribution >= 0.6 is 0 Å². The van der Waals surface area contributed by atoms with Crippen molar-refractivity contribution in [2.75, 3.05) is 26.2 Å². The molecule has 0 aliphatic carbocycles. The minimum atomic E-state index is -2.45. The Morgan fingerprint density at radius 3 is 2.81 bits per heavy atom. The van der Waals surface area contributed by atoms with Crippen LogP contribution in [0.1, 0.15) is 38.5 Å². The first kappa shape index (κ1) is 12.2. The number of hydrogen-bond acceptors (Lipinski definition) is 2. The highest BCUT2D eigenvalue weighted by molar-refractivity contribution is 4.80. The fraction of sp³-hybridized carbons (Fsp3) is 1.00. The molecule has 2 aliphatic rings. The zero-order valence-corrected chi connectivity index (χ0v) is 9.85. The number of rotatable bonds is 3. The number of halogens is 2. The van der Waals surface area contributed by atoms with Gasteiger partial charge in [0.25, 0.3) is 5.92 Å². The molecule has 2 heterocycles. The number of nitrogens with one attached hydrogen (secondary N) is 1. The number of alkyl halides is 2. The summed E-state index contributed by atoms with van der Waals surface area (Å²) in [5.74, 6) is -2.45. The lowest BCUT2D eigenvalue weighted by Gasteiger charge is -2.34. The molecule has 2 saturated heterocycles. The van der Waals surface area contributed by atoms with Crippen LogP contribution in [0.15, 0.2) is 0 Å². The molecule has 1 N–H and O–H groups in total. The second-order valence-corrected chi connectivity index (χ2v) is 5.17. The third-order valence-corrected chi connectivity index (χ3v) is 3.68. The van der Waals surface area contributed by atoms with Crippen molar-refractivity contribution in [3.05, 3.63) is 0 Å². The fourth-order valence-electron chi connectivity index (χ4n) is 2.75. The maximum Gasteiger partial charge on any atom is 0.260 e. The van der Waals surface area contributed by atoms with Gasteiger partial charge in [-0.15, -0.1) is 0 Å². The van der Waals surface area contributed by atoms with Gasteiger partial charge in [-0.05, 0) is 45.3 Å². The average molecular weight is 232 g/mol. The van der Waals surface area contributed by atoms with Crippen molar-refractivity contribution in [2.45, 2.75) is 50.5 Å². The molecule has 16 heavy (non-hydrogen) atoms.